The average molecular weight is 338 g/mol. The summed E-state index contributed by atoms with van der Waals surface area (Å²) in [5, 5.41) is 18.0. The second kappa shape index (κ2) is 9.39. The highest BCUT2D eigenvalue weighted by molar-refractivity contribution is 5.84. The van der Waals surface area contributed by atoms with Crippen molar-refractivity contribution in [1.29, 1.82) is 0 Å². The molecule has 6 nitrogen and oxygen atoms in total. The first-order valence-electron chi connectivity index (χ1n) is 7.95. The van der Waals surface area contributed by atoms with Gasteiger partial charge in [-0.05, 0) is 52.0 Å². The Hall–Kier alpha value is -1.92. The number of allylic oxidation sites excluding steroid dienone is 4. The van der Waals surface area contributed by atoms with Crippen molar-refractivity contribution in [3.05, 3.63) is 35.5 Å². The maximum Gasteiger partial charge on any atom is 0.336 e. The summed E-state index contributed by atoms with van der Waals surface area (Å²) in [6, 6.07) is 0. The number of ether oxygens (including phenoxy) is 2. The summed E-state index contributed by atoms with van der Waals surface area (Å²) >= 11 is 0. The number of carboxylic acids is 2. The normalized spacial score (nSPS) is 23.8. The van der Waals surface area contributed by atoms with Gasteiger partial charge in [-0.25, -0.2) is 9.59 Å². The van der Waals surface area contributed by atoms with Crippen LogP contribution in [0.5, 0.6) is 0 Å². The quantitative estimate of drug-likeness (QED) is 0.627. The Kier molecular flexibility index (Phi) is 7.88. The molecule has 1 saturated heterocycles. The van der Waals surface area contributed by atoms with Gasteiger partial charge in [0.05, 0.1) is 0 Å². The van der Waals surface area contributed by atoms with E-state index in [9.17, 15) is 9.59 Å². The van der Waals surface area contributed by atoms with E-state index in [-0.39, 0.29) is 0 Å². The Labute approximate surface area is 142 Å². The Bertz CT molecular complexity index is 520. The smallest absolute Gasteiger partial charge is 0.336 e. The highest BCUT2D eigenvalue weighted by atomic mass is 16.7. The standard InChI is InChI=1S/C18H26O6/c1-11(2)7-5-8-12(3)9-6-10-13(4)18-23-14(16(19)20)15(24-18)17(21)22/h7,9,14-15,18H,4-6,8,10H2,1-3H3,(H,19,20)(H,21,22)/b12-9+. The van der Waals surface area contributed by atoms with Crippen LogP contribution in [-0.4, -0.2) is 40.6 Å². The Balaban J connectivity index is 2.47. The van der Waals surface area contributed by atoms with Crippen molar-refractivity contribution in [1.82, 2.24) is 0 Å². The monoisotopic (exact) mass is 338 g/mol. The molecule has 0 radical (unpaired) electrons. The average Bonchev–Trinajstić information content (AvgIpc) is 2.92. The number of aliphatic carboxylic acids is 2. The van der Waals surface area contributed by atoms with Gasteiger partial charge >= 0.3 is 11.9 Å². The molecular formula is C18H26O6. The van der Waals surface area contributed by atoms with Gasteiger partial charge in [0.25, 0.3) is 0 Å². The molecule has 24 heavy (non-hydrogen) atoms. The third-order valence-corrected chi connectivity index (χ3v) is 3.69. The molecule has 134 valence electrons. The van der Waals surface area contributed by atoms with Crippen molar-refractivity contribution in [2.24, 2.45) is 0 Å². The van der Waals surface area contributed by atoms with Crippen LogP contribution in [0.4, 0.5) is 0 Å². The Morgan fingerprint density at radius 1 is 0.958 bits per heavy atom. The van der Waals surface area contributed by atoms with Crippen molar-refractivity contribution in [3.63, 3.8) is 0 Å². The Morgan fingerprint density at radius 3 is 1.92 bits per heavy atom. The molecule has 1 aliphatic rings. The second-order valence-electron chi connectivity index (χ2n) is 6.19. The summed E-state index contributed by atoms with van der Waals surface area (Å²) in [6.45, 7) is 10.0. The first-order chi connectivity index (χ1) is 11.2. The zero-order chi connectivity index (χ0) is 18.3. The molecule has 2 N–H and O–H groups in total. The largest absolute Gasteiger partial charge is 0.479 e. The molecule has 0 bridgehead atoms. The van der Waals surface area contributed by atoms with Gasteiger partial charge in [-0.15, -0.1) is 0 Å². The molecule has 2 atom stereocenters. The van der Waals surface area contributed by atoms with Gasteiger partial charge in [-0.3, -0.25) is 0 Å². The maximum atomic E-state index is 11.0. The van der Waals surface area contributed by atoms with Crippen LogP contribution in [0.25, 0.3) is 0 Å². The number of rotatable bonds is 9. The summed E-state index contributed by atoms with van der Waals surface area (Å²) in [5.74, 6) is -2.71. The van der Waals surface area contributed by atoms with Gasteiger partial charge < -0.3 is 19.7 Å². The van der Waals surface area contributed by atoms with Crippen LogP contribution in [0.2, 0.25) is 0 Å². The molecular weight excluding hydrogens is 312 g/mol. The predicted octanol–water partition coefficient (Wildman–Crippen LogP) is 3.29. The molecule has 2 unspecified atom stereocenters. The van der Waals surface area contributed by atoms with Crippen molar-refractivity contribution in [3.8, 4) is 0 Å². The molecule has 0 aromatic rings. The molecule has 0 amide bonds. The van der Waals surface area contributed by atoms with Gasteiger partial charge in [0.15, 0.2) is 18.5 Å². The van der Waals surface area contributed by atoms with Crippen LogP contribution in [0, 0.1) is 0 Å². The van der Waals surface area contributed by atoms with Gasteiger partial charge in [-0.1, -0.05) is 29.9 Å². The van der Waals surface area contributed by atoms with Crippen molar-refractivity contribution < 1.29 is 29.3 Å². The lowest BCUT2D eigenvalue weighted by molar-refractivity contribution is -0.156. The number of hydrogen-bond acceptors (Lipinski definition) is 4. The van der Waals surface area contributed by atoms with E-state index in [1.807, 2.05) is 0 Å². The maximum absolute atomic E-state index is 11.0. The third kappa shape index (κ3) is 6.29. The number of hydrogen-bond donors (Lipinski definition) is 2. The van der Waals surface area contributed by atoms with Crippen LogP contribution in [-0.2, 0) is 19.1 Å². The van der Waals surface area contributed by atoms with E-state index in [0.29, 0.717) is 12.0 Å². The summed E-state index contributed by atoms with van der Waals surface area (Å²) < 4.78 is 10.4. The van der Waals surface area contributed by atoms with E-state index in [2.05, 4.69) is 39.5 Å². The predicted molar refractivity (Wildman–Crippen MR) is 89.6 cm³/mol. The first kappa shape index (κ1) is 20.1. The number of carboxylic acid groups (broad SMARTS) is 2. The second-order valence-corrected chi connectivity index (χ2v) is 6.19. The van der Waals surface area contributed by atoms with E-state index in [4.69, 9.17) is 19.7 Å². The van der Waals surface area contributed by atoms with Gasteiger partial charge in [-0.2, -0.15) is 0 Å². The van der Waals surface area contributed by atoms with Crippen LogP contribution in [0.1, 0.15) is 46.5 Å². The van der Waals surface area contributed by atoms with E-state index in [1.54, 1.807) is 0 Å². The van der Waals surface area contributed by atoms with Crippen molar-refractivity contribution in [2.75, 3.05) is 0 Å². The van der Waals surface area contributed by atoms with Gasteiger partial charge in [0.1, 0.15) is 0 Å². The molecule has 6 heteroatoms. The van der Waals surface area contributed by atoms with Crippen LogP contribution < -0.4 is 0 Å². The summed E-state index contributed by atoms with van der Waals surface area (Å²) in [5.41, 5.74) is 3.10. The zero-order valence-electron chi connectivity index (χ0n) is 14.4. The number of carbonyl (C=O) groups is 2. The minimum Gasteiger partial charge on any atom is -0.479 e. The Morgan fingerprint density at radius 2 is 1.46 bits per heavy atom. The molecule has 0 spiro atoms. The van der Waals surface area contributed by atoms with Gasteiger partial charge in [0, 0.05) is 0 Å². The fourth-order valence-electron chi connectivity index (χ4n) is 2.32. The minimum absolute atomic E-state index is 0.540. The molecule has 0 aliphatic carbocycles. The summed E-state index contributed by atoms with van der Waals surface area (Å²) in [6.07, 6.45) is 3.53. The molecule has 1 fully saturated rings. The molecule has 0 saturated carbocycles. The van der Waals surface area contributed by atoms with Gasteiger partial charge in [0.2, 0.25) is 0 Å². The minimum atomic E-state index is -1.51. The lowest BCUT2D eigenvalue weighted by Crippen LogP contribution is -2.36. The first-order valence-corrected chi connectivity index (χ1v) is 7.95. The molecule has 1 aliphatic heterocycles. The van der Waals surface area contributed by atoms with Crippen LogP contribution in [0.3, 0.4) is 0 Å². The van der Waals surface area contributed by atoms with Crippen molar-refractivity contribution in [2.45, 2.75) is 65.0 Å². The highest BCUT2D eigenvalue weighted by Crippen LogP contribution is 2.26. The fourth-order valence-corrected chi connectivity index (χ4v) is 2.32. The van der Waals surface area contributed by atoms with Crippen LogP contribution >= 0.6 is 0 Å². The fraction of sp³-hybridized carbons (Fsp3) is 0.556. The van der Waals surface area contributed by atoms with E-state index in [0.717, 1.165) is 19.3 Å². The summed E-state index contributed by atoms with van der Waals surface area (Å²) in [4.78, 5) is 22.0. The van der Waals surface area contributed by atoms with E-state index >= 15 is 0 Å². The lowest BCUT2D eigenvalue weighted by Gasteiger charge is -2.12. The third-order valence-electron chi connectivity index (χ3n) is 3.69. The van der Waals surface area contributed by atoms with Crippen LogP contribution in [0.15, 0.2) is 35.5 Å². The molecule has 1 heterocycles. The van der Waals surface area contributed by atoms with E-state index < -0.39 is 30.4 Å². The lowest BCUT2D eigenvalue weighted by atomic mass is 10.1. The summed E-state index contributed by atoms with van der Waals surface area (Å²) in [7, 11) is 0. The molecule has 1 rings (SSSR count). The van der Waals surface area contributed by atoms with Crippen molar-refractivity contribution >= 4 is 11.9 Å². The zero-order valence-corrected chi connectivity index (χ0v) is 14.4. The topological polar surface area (TPSA) is 93.1 Å². The highest BCUT2D eigenvalue weighted by Gasteiger charge is 2.46. The SMILES string of the molecule is C=C(CC/C=C(\C)CCC=C(C)C)C1OC(C(=O)O)C(C(=O)O)O1. The molecule has 0 aromatic carbocycles. The van der Waals surface area contributed by atoms with E-state index in [1.165, 1.54) is 11.1 Å². The molecule has 0 aromatic heterocycles.